The number of benzene rings is 2. The van der Waals surface area contributed by atoms with Crippen molar-refractivity contribution in [2.45, 2.75) is 0 Å². The Labute approximate surface area is 122 Å². The van der Waals surface area contributed by atoms with Gasteiger partial charge in [0.1, 0.15) is 0 Å². The maximum Gasteiger partial charge on any atom is 0.0715 e. The van der Waals surface area contributed by atoms with Crippen LogP contribution in [-0.2, 0) is 0 Å². The van der Waals surface area contributed by atoms with E-state index in [2.05, 4.69) is 34.5 Å². The van der Waals surface area contributed by atoms with Crippen LogP contribution in [0.2, 0.25) is 0 Å². The first kappa shape index (κ1) is 11.9. The van der Waals surface area contributed by atoms with Crippen LogP contribution < -0.4 is 0 Å². The summed E-state index contributed by atoms with van der Waals surface area (Å²) in [4.78, 5) is 4.79. The highest BCUT2D eigenvalue weighted by Gasteiger charge is 2.09. The number of H-pyrrole nitrogens is 1. The highest BCUT2D eigenvalue weighted by atomic mass is 15.1. The topological polar surface area (TPSA) is 41.6 Å². The van der Waals surface area contributed by atoms with Crippen LogP contribution in [0.25, 0.3) is 33.3 Å². The summed E-state index contributed by atoms with van der Waals surface area (Å²) in [5, 5.41) is 8.08. The molecule has 4 aromatic rings. The first-order valence-corrected chi connectivity index (χ1v) is 6.86. The number of aromatic amines is 1. The van der Waals surface area contributed by atoms with E-state index in [0.717, 1.165) is 33.3 Å². The Morgan fingerprint density at radius 2 is 1.62 bits per heavy atom. The van der Waals surface area contributed by atoms with Crippen molar-refractivity contribution < 1.29 is 0 Å². The van der Waals surface area contributed by atoms with E-state index in [4.69, 9.17) is 4.98 Å². The highest BCUT2D eigenvalue weighted by Crippen LogP contribution is 2.31. The predicted molar refractivity (Wildman–Crippen MR) is 84.8 cm³/mol. The zero-order chi connectivity index (χ0) is 14.1. The summed E-state index contributed by atoms with van der Waals surface area (Å²) in [5.41, 5.74) is 5.31. The quantitative estimate of drug-likeness (QED) is 0.591. The fourth-order valence-corrected chi connectivity index (χ4v) is 2.57. The van der Waals surface area contributed by atoms with Crippen LogP contribution in [0.5, 0.6) is 0 Å². The molecule has 0 aliphatic carbocycles. The molecule has 0 fully saturated rings. The smallest absolute Gasteiger partial charge is 0.0715 e. The van der Waals surface area contributed by atoms with Gasteiger partial charge in [0.15, 0.2) is 0 Å². The second kappa shape index (κ2) is 4.87. The third kappa shape index (κ3) is 2.09. The molecule has 0 saturated carbocycles. The number of nitrogens with zero attached hydrogens (tertiary/aromatic N) is 2. The Morgan fingerprint density at radius 1 is 0.810 bits per heavy atom. The van der Waals surface area contributed by atoms with E-state index in [1.165, 1.54) is 0 Å². The molecule has 100 valence electrons. The number of rotatable bonds is 2. The minimum absolute atomic E-state index is 0.977. The molecule has 21 heavy (non-hydrogen) atoms. The lowest BCUT2D eigenvalue weighted by molar-refractivity contribution is 1.09. The van der Waals surface area contributed by atoms with Gasteiger partial charge in [-0.05, 0) is 17.7 Å². The summed E-state index contributed by atoms with van der Waals surface area (Å²) >= 11 is 0. The zero-order valence-electron chi connectivity index (χ0n) is 11.3. The van der Waals surface area contributed by atoms with Gasteiger partial charge in [0.2, 0.25) is 0 Å². The van der Waals surface area contributed by atoms with Gasteiger partial charge in [-0.2, -0.15) is 5.10 Å². The molecule has 4 rings (SSSR count). The molecule has 0 amide bonds. The molecule has 0 aliphatic rings. The van der Waals surface area contributed by atoms with Gasteiger partial charge < -0.3 is 0 Å². The van der Waals surface area contributed by atoms with E-state index in [-0.39, 0.29) is 0 Å². The van der Waals surface area contributed by atoms with Crippen LogP contribution in [0.1, 0.15) is 0 Å². The SMILES string of the molecule is c1ccc(-c2cc(-c3cn[nH]c3)c3ccccc3n2)cc1. The summed E-state index contributed by atoms with van der Waals surface area (Å²) in [6.07, 6.45) is 3.76. The Morgan fingerprint density at radius 3 is 2.43 bits per heavy atom. The molecule has 0 aliphatic heterocycles. The van der Waals surface area contributed by atoms with Crippen LogP contribution >= 0.6 is 0 Å². The number of para-hydroxylation sites is 1. The van der Waals surface area contributed by atoms with Crippen molar-refractivity contribution in [3.05, 3.63) is 73.1 Å². The number of fused-ring (bicyclic) bond motifs is 1. The standard InChI is InChI=1S/C18H13N3/c1-2-6-13(7-3-1)18-10-16(14-11-19-20-12-14)15-8-4-5-9-17(15)21-18/h1-12H,(H,19,20). The van der Waals surface area contributed by atoms with E-state index < -0.39 is 0 Å². The van der Waals surface area contributed by atoms with Crippen LogP contribution in [-0.4, -0.2) is 15.2 Å². The molecule has 2 aromatic heterocycles. The van der Waals surface area contributed by atoms with Gasteiger partial charge >= 0.3 is 0 Å². The second-order valence-corrected chi connectivity index (χ2v) is 4.93. The lowest BCUT2D eigenvalue weighted by Gasteiger charge is -2.08. The number of hydrogen-bond donors (Lipinski definition) is 1. The summed E-state index contributed by atoms with van der Waals surface area (Å²) in [6.45, 7) is 0. The van der Waals surface area contributed by atoms with E-state index in [1.807, 2.05) is 48.8 Å². The van der Waals surface area contributed by atoms with Gasteiger partial charge in [0.25, 0.3) is 0 Å². The number of pyridine rings is 1. The molecule has 2 aromatic carbocycles. The highest BCUT2D eigenvalue weighted by molar-refractivity contribution is 5.96. The molecular weight excluding hydrogens is 258 g/mol. The van der Waals surface area contributed by atoms with E-state index in [0.29, 0.717) is 0 Å². The minimum Gasteiger partial charge on any atom is -0.285 e. The van der Waals surface area contributed by atoms with Gasteiger partial charge in [-0.15, -0.1) is 0 Å². The lowest BCUT2D eigenvalue weighted by atomic mass is 10.0. The average Bonchev–Trinajstić information content (AvgIpc) is 3.09. The Kier molecular flexibility index (Phi) is 2.75. The molecular formula is C18H13N3. The van der Waals surface area contributed by atoms with Crippen LogP contribution in [0.15, 0.2) is 73.1 Å². The van der Waals surface area contributed by atoms with Crippen molar-refractivity contribution in [2.24, 2.45) is 0 Å². The van der Waals surface area contributed by atoms with Crippen molar-refractivity contribution in [3.8, 4) is 22.4 Å². The fourth-order valence-electron chi connectivity index (χ4n) is 2.57. The molecule has 2 heterocycles. The van der Waals surface area contributed by atoms with Crippen LogP contribution in [0.4, 0.5) is 0 Å². The number of hydrogen-bond acceptors (Lipinski definition) is 2. The number of nitrogens with one attached hydrogen (secondary N) is 1. The first-order valence-electron chi connectivity index (χ1n) is 6.86. The van der Waals surface area contributed by atoms with Gasteiger partial charge in [-0.3, -0.25) is 5.10 Å². The molecule has 0 unspecified atom stereocenters. The lowest BCUT2D eigenvalue weighted by Crippen LogP contribution is -1.88. The maximum absolute atomic E-state index is 4.79. The third-order valence-corrected chi connectivity index (χ3v) is 3.59. The van der Waals surface area contributed by atoms with Gasteiger partial charge in [0.05, 0.1) is 17.4 Å². The average molecular weight is 271 g/mol. The van der Waals surface area contributed by atoms with Crippen molar-refractivity contribution in [3.63, 3.8) is 0 Å². The van der Waals surface area contributed by atoms with Crippen molar-refractivity contribution >= 4 is 10.9 Å². The van der Waals surface area contributed by atoms with E-state index in [1.54, 1.807) is 0 Å². The van der Waals surface area contributed by atoms with E-state index >= 15 is 0 Å². The van der Waals surface area contributed by atoms with Crippen molar-refractivity contribution in [1.29, 1.82) is 0 Å². The van der Waals surface area contributed by atoms with Gasteiger partial charge in [0, 0.05) is 22.7 Å². The molecule has 0 saturated heterocycles. The van der Waals surface area contributed by atoms with Crippen molar-refractivity contribution in [2.75, 3.05) is 0 Å². The second-order valence-electron chi connectivity index (χ2n) is 4.93. The zero-order valence-corrected chi connectivity index (χ0v) is 11.3. The normalized spacial score (nSPS) is 10.9. The van der Waals surface area contributed by atoms with Gasteiger partial charge in [-0.25, -0.2) is 4.98 Å². The monoisotopic (exact) mass is 271 g/mol. The fraction of sp³-hybridized carbons (Fsp3) is 0. The Bertz CT molecular complexity index is 881. The summed E-state index contributed by atoms with van der Waals surface area (Å²) in [6, 6.07) is 20.6. The van der Waals surface area contributed by atoms with Crippen LogP contribution in [0, 0.1) is 0 Å². The number of aromatic nitrogens is 3. The van der Waals surface area contributed by atoms with Gasteiger partial charge in [-0.1, -0.05) is 48.5 Å². The van der Waals surface area contributed by atoms with E-state index in [9.17, 15) is 0 Å². The molecule has 3 heteroatoms. The summed E-state index contributed by atoms with van der Waals surface area (Å²) < 4.78 is 0. The third-order valence-electron chi connectivity index (χ3n) is 3.59. The Balaban J connectivity index is 2.03. The van der Waals surface area contributed by atoms with Crippen molar-refractivity contribution in [1.82, 2.24) is 15.2 Å². The maximum atomic E-state index is 4.79. The van der Waals surface area contributed by atoms with Crippen LogP contribution in [0.3, 0.4) is 0 Å². The molecule has 3 nitrogen and oxygen atoms in total. The largest absolute Gasteiger partial charge is 0.285 e. The first-order chi connectivity index (χ1) is 10.4. The minimum atomic E-state index is 0.977. The Hall–Kier alpha value is -2.94. The predicted octanol–water partition coefficient (Wildman–Crippen LogP) is 4.29. The molecule has 0 spiro atoms. The molecule has 0 atom stereocenters. The molecule has 0 bridgehead atoms. The summed E-state index contributed by atoms with van der Waals surface area (Å²) in [5.74, 6) is 0. The molecule has 0 radical (unpaired) electrons. The summed E-state index contributed by atoms with van der Waals surface area (Å²) in [7, 11) is 0. The molecule has 1 N–H and O–H groups in total.